The Morgan fingerprint density at radius 1 is 0.727 bits per heavy atom. The zero-order chi connectivity index (χ0) is 22.2. The molecule has 0 amide bonds. The van der Waals surface area contributed by atoms with E-state index in [1.807, 2.05) is 0 Å². The minimum Gasteiger partial charge on any atom is -0.398 e. The second kappa shape index (κ2) is 8.25. The molecule has 3 aromatic carbocycles. The monoisotopic (exact) mass is 429 g/mol. The van der Waals surface area contributed by atoms with E-state index >= 15 is 0 Å². The first-order valence-electron chi connectivity index (χ1n) is 11.8. The summed E-state index contributed by atoms with van der Waals surface area (Å²) in [6.45, 7) is 0.750. The highest BCUT2D eigenvalue weighted by Gasteiger charge is 2.26. The Bertz CT molecular complexity index is 1420. The summed E-state index contributed by atoms with van der Waals surface area (Å²) in [5.41, 5.74) is 17.3. The number of rotatable bonds is 4. The van der Waals surface area contributed by atoms with Gasteiger partial charge in [0.05, 0.1) is 11.1 Å². The van der Waals surface area contributed by atoms with Gasteiger partial charge in [-0.1, -0.05) is 91.0 Å². The highest BCUT2D eigenvalue weighted by molar-refractivity contribution is 6.09. The molecule has 162 valence electrons. The van der Waals surface area contributed by atoms with E-state index in [2.05, 4.69) is 95.6 Å². The van der Waals surface area contributed by atoms with Gasteiger partial charge in [-0.3, -0.25) is 0 Å². The molecule has 0 aliphatic heterocycles. The molecule has 1 aliphatic carbocycles. The van der Waals surface area contributed by atoms with Crippen molar-refractivity contribution in [3.05, 3.63) is 108 Å². The Morgan fingerprint density at radius 3 is 2.03 bits per heavy atom. The molecular weight excluding hydrogens is 402 g/mol. The average Bonchev–Trinajstić information content (AvgIpc) is 3.20. The first kappa shape index (κ1) is 19.8. The lowest BCUT2D eigenvalue weighted by Gasteiger charge is -2.18. The molecule has 6 rings (SSSR count). The molecule has 5 aromatic rings. The third kappa shape index (κ3) is 3.41. The molecule has 0 radical (unpaired) electrons. The lowest BCUT2D eigenvalue weighted by Crippen LogP contribution is -2.11. The van der Waals surface area contributed by atoms with Gasteiger partial charge in [0.15, 0.2) is 0 Å². The zero-order valence-electron chi connectivity index (χ0n) is 18.7. The Morgan fingerprint density at radius 2 is 1.33 bits per heavy atom. The topological polar surface area (TPSA) is 43.8 Å². The van der Waals surface area contributed by atoms with Crippen molar-refractivity contribution in [2.24, 2.45) is 0 Å². The maximum atomic E-state index is 6.98. The number of nitrogens with zero attached hydrogens (tertiary/aromatic N) is 2. The van der Waals surface area contributed by atoms with E-state index in [0.717, 1.165) is 36.1 Å². The van der Waals surface area contributed by atoms with Gasteiger partial charge in [-0.05, 0) is 47.9 Å². The van der Waals surface area contributed by atoms with Gasteiger partial charge in [-0.2, -0.15) is 0 Å². The van der Waals surface area contributed by atoms with Crippen molar-refractivity contribution >= 4 is 16.7 Å². The first-order valence-corrected chi connectivity index (χ1v) is 11.8. The third-order valence-corrected chi connectivity index (χ3v) is 6.80. The van der Waals surface area contributed by atoms with Crippen molar-refractivity contribution in [3.63, 3.8) is 0 Å². The predicted octanol–water partition coefficient (Wildman–Crippen LogP) is 6.88. The number of pyridine rings is 1. The van der Waals surface area contributed by atoms with Crippen LogP contribution in [0.1, 0.15) is 29.7 Å². The van der Waals surface area contributed by atoms with Gasteiger partial charge in [-0.15, -0.1) is 0 Å². The van der Waals surface area contributed by atoms with E-state index in [9.17, 15) is 0 Å². The normalized spacial score (nSPS) is 13.2. The maximum absolute atomic E-state index is 6.98. The van der Waals surface area contributed by atoms with Crippen LogP contribution in [0, 0.1) is 0 Å². The molecule has 33 heavy (non-hydrogen) atoms. The van der Waals surface area contributed by atoms with Gasteiger partial charge in [0.1, 0.15) is 5.65 Å². The second-order valence-corrected chi connectivity index (χ2v) is 8.88. The number of benzene rings is 3. The maximum Gasteiger partial charge on any atom is 0.143 e. The number of aryl methyl sites for hydroxylation is 1. The SMILES string of the molecule is Nc1c2c(nc3c1c(-c1ccccc1)c(-c1ccccc1)n3Cc1ccccc1)CCCC2. The number of hydrogen-bond acceptors (Lipinski definition) is 2. The van der Waals surface area contributed by atoms with Crippen molar-refractivity contribution in [2.75, 3.05) is 5.73 Å². The lowest BCUT2D eigenvalue weighted by molar-refractivity contribution is 0.670. The summed E-state index contributed by atoms with van der Waals surface area (Å²) >= 11 is 0. The fourth-order valence-electron chi connectivity index (χ4n) is 5.26. The van der Waals surface area contributed by atoms with Crippen LogP contribution in [-0.4, -0.2) is 9.55 Å². The Hall–Kier alpha value is -3.85. The van der Waals surface area contributed by atoms with Crippen LogP contribution in [0.4, 0.5) is 5.69 Å². The van der Waals surface area contributed by atoms with Crippen LogP contribution < -0.4 is 5.73 Å². The van der Waals surface area contributed by atoms with Crippen molar-refractivity contribution in [1.29, 1.82) is 0 Å². The van der Waals surface area contributed by atoms with Gasteiger partial charge in [0, 0.05) is 23.5 Å². The molecule has 0 atom stereocenters. The van der Waals surface area contributed by atoms with Gasteiger partial charge in [-0.25, -0.2) is 4.98 Å². The average molecular weight is 430 g/mol. The largest absolute Gasteiger partial charge is 0.398 e. The molecule has 0 bridgehead atoms. The van der Waals surface area contributed by atoms with Crippen LogP contribution in [0.3, 0.4) is 0 Å². The van der Waals surface area contributed by atoms with Gasteiger partial charge in [0.2, 0.25) is 0 Å². The molecule has 0 unspecified atom stereocenters. The summed E-state index contributed by atoms with van der Waals surface area (Å²) in [6, 6.07) is 32.0. The molecule has 2 N–H and O–H groups in total. The van der Waals surface area contributed by atoms with E-state index in [4.69, 9.17) is 10.7 Å². The highest BCUT2D eigenvalue weighted by Crippen LogP contribution is 2.45. The van der Waals surface area contributed by atoms with Crippen molar-refractivity contribution in [3.8, 4) is 22.4 Å². The Balaban J connectivity index is 1.75. The summed E-state index contributed by atoms with van der Waals surface area (Å²) in [5, 5.41) is 1.09. The van der Waals surface area contributed by atoms with E-state index < -0.39 is 0 Å². The van der Waals surface area contributed by atoms with Gasteiger partial charge in [0.25, 0.3) is 0 Å². The fourth-order valence-corrected chi connectivity index (χ4v) is 5.26. The van der Waals surface area contributed by atoms with Crippen molar-refractivity contribution in [1.82, 2.24) is 9.55 Å². The highest BCUT2D eigenvalue weighted by atomic mass is 15.1. The fraction of sp³-hybridized carbons (Fsp3) is 0.167. The van der Waals surface area contributed by atoms with Gasteiger partial charge < -0.3 is 10.3 Å². The molecule has 3 nitrogen and oxygen atoms in total. The first-order chi connectivity index (χ1) is 16.3. The van der Waals surface area contributed by atoms with Crippen LogP contribution in [-0.2, 0) is 19.4 Å². The molecule has 0 spiro atoms. The van der Waals surface area contributed by atoms with Crippen LogP contribution in [0.15, 0.2) is 91.0 Å². The number of hydrogen-bond donors (Lipinski definition) is 1. The van der Waals surface area contributed by atoms with E-state index in [1.165, 1.54) is 52.0 Å². The van der Waals surface area contributed by atoms with Crippen LogP contribution in [0.5, 0.6) is 0 Å². The molecular formula is C30H27N3. The molecule has 0 saturated heterocycles. The van der Waals surface area contributed by atoms with Crippen molar-refractivity contribution in [2.45, 2.75) is 32.2 Å². The minimum absolute atomic E-state index is 0.750. The summed E-state index contributed by atoms with van der Waals surface area (Å²) in [6.07, 6.45) is 4.39. The predicted molar refractivity (Wildman–Crippen MR) is 137 cm³/mol. The van der Waals surface area contributed by atoms with Crippen molar-refractivity contribution < 1.29 is 0 Å². The number of aromatic nitrogens is 2. The molecule has 1 aliphatic rings. The Kier molecular flexibility index (Phi) is 4.95. The lowest BCUT2D eigenvalue weighted by atomic mass is 9.91. The van der Waals surface area contributed by atoms with Gasteiger partial charge >= 0.3 is 0 Å². The van der Waals surface area contributed by atoms with Crippen LogP contribution >= 0.6 is 0 Å². The van der Waals surface area contributed by atoms with Crippen LogP contribution in [0.25, 0.3) is 33.4 Å². The number of nitrogens with two attached hydrogens (primary N) is 1. The molecule has 2 heterocycles. The molecule has 3 heteroatoms. The quantitative estimate of drug-likeness (QED) is 0.338. The minimum atomic E-state index is 0.750. The number of fused-ring (bicyclic) bond motifs is 2. The summed E-state index contributed by atoms with van der Waals surface area (Å²) in [5.74, 6) is 0. The van der Waals surface area contributed by atoms with Crippen LogP contribution in [0.2, 0.25) is 0 Å². The van der Waals surface area contributed by atoms with E-state index in [0.29, 0.717) is 0 Å². The van der Waals surface area contributed by atoms with E-state index in [-0.39, 0.29) is 0 Å². The Labute approximate surface area is 194 Å². The zero-order valence-corrected chi connectivity index (χ0v) is 18.7. The summed E-state index contributed by atoms with van der Waals surface area (Å²) < 4.78 is 2.38. The summed E-state index contributed by atoms with van der Waals surface area (Å²) in [7, 11) is 0. The molecule has 0 fully saturated rings. The third-order valence-electron chi connectivity index (χ3n) is 6.80. The van der Waals surface area contributed by atoms with E-state index in [1.54, 1.807) is 0 Å². The standard InChI is InChI=1S/C30H27N3/c31-28-24-18-10-11-19-25(24)32-30-27(28)26(22-14-6-2-7-15-22)29(23-16-8-3-9-17-23)33(30)20-21-12-4-1-5-13-21/h1-9,12-17H,10-11,18-20H2,(H2,31,32). The summed E-state index contributed by atoms with van der Waals surface area (Å²) in [4.78, 5) is 5.29. The number of anilines is 1. The second-order valence-electron chi connectivity index (χ2n) is 8.88. The smallest absolute Gasteiger partial charge is 0.143 e. The molecule has 0 saturated carbocycles. The number of nitrogen functional groups attached to an aromatic ring is 1. The molecule has 2 aromatic heterocycles.